The molecule has 2 rings (SSSR count). The Balaban J connectivity index is 1.74. The summed E-state index contributed by atoms with van der Waals surface area (Å²) in [6, 6.07) is 0.265. The lowest BCUT2D eigenvalue weighted by Crippen LogP contribution is -2.53. The number of hydrogen-bond donors (Lipinski definition) is 2. The second-order valence-corrected chi connectivity index (χ2v) is 5.68. The molecule has 80 valence electrons. The van der Waals surface area contributed by atoms with Crippen molar-refractivity contribution in [2.24, 2.45) is 5.92 Å². The molecular formula is C9H16N2O2S. The minimum Gasteiger partial charge on any atom is -0.353 e. The van der Waals surface area contributed by atoms with E-state index in [1.165, 1.54) is 0 Å². The minimum absolute atomic E-state index is 0.168. The van der Waals surface area contributed by atoms with Crippen molar-refractivity contribution in [3.63, 3.8) is 0 Å². The summed E-state index contributed by atoms with van der Waals surface area (Å²) in [5.41, 5.74) is 0. The number of nitrogens with one attached hydrogen (secondary N) is 2. The maximum Gasteiger partial charge on any atom is 0.225 e. The summed E-state index contributed by atoms with van der Waals surface area (Å²) in [6.07, 6.45) is 1.75. The van der Waals surface area contributed by atoms with Gasteiger partial charge in [0.1, 0.15) is 0 Å². The number of rotatable bonds is 2. The Morgan fingerprint density at radius 3 is 2.43 bits per heavy atom. The second kappa shape index (κ2) is 4.40. The van der Waals surface area contributed by atoms with Crippen LogP contribution in [0.5, 0.6) is 0 Å². The van der Waals surface area contributed by atoms with E-state index in [4.69, 9.17) is 0 Å². The summed E-state index contributed by atoms with van der Waals surface area (Å²) in [6.45, 7) is 1.62. The van der Waals surface area contributed by atoms with Crippen LogP contribution in [-0.4, -0.2) is 40.8 Å². The number of carbonyl (C=O) groups excluding carboxylic acids is 1. The van der Waals surface area contributed by atoms with Gasteiger partial charge in [-0.3, -0.25) is 9.00 Å². The Morgan fingerprint density at radius 2 is 1.93 bits per heavy atom. The van der Waals surface area contributed by atoms with Gasteiger partial charge in [-0.2, -0.15) is 0 Å². The normalized spacial score (nSPS) is 33.4. The van der Waals surface area contributed by atoms with E-state index in [9.17, 15) is 9.00 Å². The van der Waals surface area contributed by atoms with E-state index in [0.29, 0.717) is 0 Å². The summed E-state index contributed by atoms with van der Waals surface area (Å²) in [7, 11) is -0.638. The highest BCUT2D eigenvalue weighted by Crippen LogP contribution is 2.11. The molecule has 2 aliphatic heterocycles. The van der Waals surface area contributed by atoms with Gasteiger partial charge in [-0.1, -0.05) is 0 Å². The van der Waals surface area contributed by atoms with Crippen molar-refractivity contribution >= 4 is 16.7 Å². The minimum atomic E-state index is -0.638. The highest BCUT2D eigenvalue weighted by Gasteiger charge is 2.27. The summed E-state index contributed by atoms with van der Waals surface area (Å²) in [5.74, 6) is 1.82. The average Bonchev–Trinajstić information content (AvgIpc) is 2.06. The zero-order valence-electron chi connectivity index (χ0n) is 8.12. The Labute approximate surface area is 86.3 Å². The molecule has 2 fully saturated rings. The van der Waals surface area contributed by atoms with E-state index in [2.05, 4.69) is 10.6 Å². The van der Waals surface area contributed by atoms with Crippen LogP contribution in [0.3, 0.4) is 0 Å². The van der Waals surface area contributed by atoms with Gasteiger partial charge >= 0.3 is 0 Å². The van der Waals surface area contributed by atoms with Crippen LogP contribution in [0.25, 0.3) is 0 Å². The molecule has 0 bridgehead atoms. The van der Waals surface area contributed by atoms with Crippen molar-refractivity contribution in [1.29, 1.82) is 0 Å². The van der Waals surface area contributed by atoms with E-state index >= 15 is 0 Å². The molecule has 0 unspecified atom stereocenters. The third-order valence-electron chi connectivity index (χ3n) is 2.89. The first-order chi connectivity index (χ1) is 6.75. The van der Waals surface area contributed by atoms with Gasteiger partial charge in [0.2, 0.25) is 5.91 Å². The first-order valence-corrected chi connectivity index (χ1v) is 6.60. The van der Waals surface area contributed by atoms with Crippen molar-refractivity contribution in [2.45, 2.75) is 18.9 Å². The molecule has 0 spiro atoms. The smallest absolute Gasteiger partial charge is 0.225 e. The van der Waals surface area contributed by atoms with E-state index in [1.54, 1.807) is 0 Å². The van der Waals surface area contributed by atoms with Gasteiger partial charge in [0, 0.05) is 41.4 Å². The molecular weight excluding hydrogens is 200 g/mol. The predicted octanol–water partition coefficient (Wildman–Crippen LogP) is -0.767. The second-order valence-electron chi connectivity index (χ2n) is 3.99. The molecule has 0 aromatic heterocycles. The fourth-order valence-corrected chi connectivity index (χ4v) is 3.03. The van der Waals surface area contributed by atoms with Crippen LogP contribution in [0.2, 0.25) is 0 Å². The Morgan fingerprint density at radius 1 is 1.29 bits per heavy atom. The third-order valence-corrected chi connectivity index (χ3v) is 4.27. The zero-order valence-corrected chi connectivity index (χ0v) is 8.94. The van der Waals surface area contributed by atoms with Crippen LogP contribution in [0.1, 0.15) is 12.8 Å². The van der Waals surface area contributed by atoms with Crippen LogP contribution in [0.4, 0.5) is 0 Å². The topological polar surface area (TPSA) is 58.2 Å². The quantitative estimate of drug-likeness (QED) is 0.637. The van der Waals surface area contributed by atoms with Gasteiger partial charge in [0.25, 0.3) is 0 Å². The monoisotopic (exact) mass is 216 g/mol. The molecule has 2 aliphatic rings. The molecule has 0 aliphatic carbocycles. The van der Waals surface area contributed by atoms with Crippen LogP contribution in [-0.2, 0) is 15.6 Å². The predicted molar refractivity (Wildman–Crippen MR) is 55.4 cm³/mol. The van der Waals surface area contributed by atoms with Crippen molar-refractivity contribution in [3.05, 3.63) is 0 Å². The Hall–Kier alpha value is -0.420. The molecule has 4 nitrogen and oxygen atoms in total. The standard InChI is InChI=1S/C9H16N2O2S/c12-9(7-5-10-6-7)11-8-1-3-14(13)4-2-8/h7-8,10H,1-6H2,(H,11,12). The van der Waals surface area contributed by atoms with Gasteiger partial charge in [0.05, 0.1) is 5.92 Å². The molecule has 2 N–H and O–H groups in total. The molecule has 0 radical (unpaired) electrons. The van der Waals surface area contributed by atoms with Crippen molar-refractivity contribution in [1.82, 2.24) is 10.6 Å². The lowest BCUT2D eigenvalue weighted by atomic mass is 10.0. The average molecular weight is 216 g/mol. The van der Waals surface area contributed by atoms with E-state index in [1.807, 2.05) is 0 Å². The molecule has 0 aromatic carbocycles. The highest BCUT2D eigenvalue weighted by atomic mass is 32.2. The Bertz CT molecular complexity index is 243. The first-order valence-electron chi connectivity index (χ1n) is 5.12. The molecule has 5 heteroatoms. The molecule has 0 aromatic rings. The zero-order chi connectivity index (χ0) is 9.97. The molecule has 2 saturated heterocycles. The van der Waals surface area contributed by atoms with E-state index < -0.39 is 10.8 Å². The molecule has 2 heterocycles. The van der Waals surface area contributed by atoms with Gasteiger partial charge in [-0.15, -0.1) is 0 Å². The highest BCUT2D eigenvalue weighted by molar-refractivity contribution is 7.85. The van der Waals surface area contributed by atoms with Crippen LogP contribution >= 0.6 is 0 Å². The maximum atomic E-state index is 11.5. The van der Waals surface area contributed by atoms with E-state index in [-0.39, 0.29) is 17.9 Å². The molecule has 0 atom stereocenters. The van der Waals surface area contributed by atoms with Gasteiger partial charge in [0.15, 0.2) is 0 Å². The summed E-state index contributed by atoms with van der Waals surface area (Å²) >= 11 is 0. The summed E-state index contributed by atoms with van der Waals surface area (Å²) < 4.78 is 11.1. The van der Waals surface area contributed by atoms with Crippen LogP contribution < -0.4 is 10.6 Å². The van der Waals surface area contributed by atoms with Gasteiger partial charge in [-0.25, -0.2) is 0 Å². The maximum absolute atomic E-state index is 11.5. The van der Waals surface area contributed by atoms with Crippen molar-refractivity contribution in [2.75, 3.05) is 24.6 Å². The first kappa shape index (κ1) is 10.1. The molecule has 0 saturated carbocycles. The van der Waals surface area contributed by atoms with E-state index in [0.717, 1.165) is 37.4 Å². The summed E-state index contributed by atoms with van der Waals surface area (Å²) in [4.78, 5) is 11.5. The molecule has 14 heavy (non-hydrogen) atoms. The summed E-state index contributed by atoms with van der Waals surface area (Å²) in [5, 5.41) is 6.10. The van der Waals surface area contributed by atoms with Crippen LogP contribution in [0, 0.1) is 5.92 Å². The number of carbonyl (C=O) groups is 1. The lowest BCUT2D eigenvalue weighted by molar-refractivity contribution is -0.127. The third kappa shape index (κ3) is 2.33. The van der Waals surface area contributed by atoms with Crippen molar-refractivity contribution in [3.8, 4) is 0 Å². The van der Waals surface area contributed by atoms with Gasteiger partial charge < -0.3 is 10.6 Å². The fraction of sp³-hybridized carbons (Fsp3) is 0.889. The van der Waals surface area contributed by atoms with Crippen LogP contribution in [0.15, 0.2) is 0 Å². The number of hydrogen-bond acceptors (Lipinski definition) is 3. The lowest BCUT2D eigenvalue weighted by Gasteiger charge is -2.29. The van der Waals surface area contributed by atoms with Gasteiger partial charge in [-0.05, 0) is 12.8 Å². The largest absolute Gasteiger partial charge is 0.353 e. The van der Waals surface area contributed by atoms with Crippen molar-refractivity contribution < 1.29 is 9.00 Å². The number of amides is 1. The SMILES string of the molecule is O=C(NC1CCS(=O)CC1)C1CNC1. The fourth-order valence-electron chi connectivity index (χ4n) is 1.73. The Kier molecular flexibility index (Phi) is 3.18. The molecule has 1 amide bonds.